The average molecular weight is 412 g/mol. The van der Waals surface area contributed by atoms with Crippen molar-refractivity contribution in [3.05, 3.63) is 59.2 Å². The van der Waals surface area contributed by atoms with Gasteiger partial charge in [-0.15, -0.1) is 0 Å². The van der Waals surface area contributed by atoms with Crippen LogP contribution >= 0.6 is 0 Å². The van der Waals surface area contributed by atoms with Crippen molar-refractivity contribution in [1.29, 1.82) is 0 Å². The minimum atomic E-state index is -0.635. The number of rotatable bonds is 7. The molecule has 0 radical (unpaired) electrons. The maximum atomic E-state index is 12.6. The van der Waals surface area contributed by atoms with E-state index in [4.69, 9.17) is 19.4 Å². The number of carbonyl (C=O) groups is 2. The molecule has 1 aliphatic rings. The van der Waals surface area contributed by atoms with Gasteiger partial charge in [0.1, 0.15) is 5.75 Å². The Hall–Kier alpha value is -3.52. The lowest BCUT2D eigenvalue weighted by atomic mass is 9.98. The Balaban J connectivity index is 1.61. The van der Waals surface area contributed by atoms with Gasteiger partial charge in [0.05, 0.1) is 14.2 Å². The molecule has 0 saturated carbocycles. The van der Waals surface area contributed by atoms with Crippen molar-refractivity contribution < 1.29 is 29.0 Å². The lowest BCUT2D eigenvalue weighted by molar-refractivity contribution is -0.131. The molecule has 0 fully saturated rings. The van der Waals surface area contributed by atoms with Crippen molar-refractivity contribution in [1.82, 2.24) is 10.4 Å². The second-order valence-electron chi connectivity index (χ2n) is 6.71. The summed E-state index contributed by atoms with van der Waals surface area (Å²) in [5.74, 6) is 1.12. The summed E-state index contributed by atoms with van der Waals surface area (Å²) in [5.41, 5.74) is 4.53. The topological polar surface area (TPSA) is 97.3 Å². The number of hydrogen-bond acceptors (Lipinski definition) is 6. The first-order valence-corrected chi connectivity index (χ1v) is 9.40. The summed E-state index contributed by atoms with van der Waals surface area (Å²) < 4.78 is 15.9. The number of hydroxylamine groups is 1. The number of hydrogen-bond donors (Lipinski definition) is 2. The van der Waals surface area contributed by atoms with Gasteiger partial charge in [0.25, 0.3) is 5.91 Å². The van der Waals surface area contributed by atoms with E-state index in [1.165, 1.54) is 5.48 Å². The summed E-state index contributed by atoms with van der Waals surface area (Å²) in [6.07, 6.45) is 4.03. The third-order valence-corrected chi connectivity index (χ3v) is 4.82. The van der Waals surface area contributed by atoms with E-state index < -0.39 is 5.91 Å². The molecular formula is C22H24N2O6. The third-order valence-electron chi connectivity index (χ3n) is 4.82. The monoisotopic (exact) mass is 412 g/mol. The minimum Gasteiger partial charge on any atom is -0.493 e. The van der Waals surface area contributed by atoms with Crippen LogP contribution in [0.2, 0.25) is 0 Å². The maximum Gasteiger partial charge on any atom is 0.281 e. The molecule has 30 heavy (non-hydrogen) atoms. The van der Waals surface area contributed by atoms with E-state index >= 15 is 0 Å². The van der Waals surface area contributed by atoms with E-state index in [9.17, 15) is 9.59 Å². The lowest BCUT2D eigenvalue weighted by Crippen LogP contribution is -2.34. The highest BCUT2D eigenvalue weighted by atomic mass is 16.5. The summed E-state index contributed by atoms with van der Waals surface area (Å²) in [6, 6.07) is 10.8. The molecule has 0 bridgehead atoms. The molecule has 8 heteroatoms. The van der Waals surface area contributed by atoms with E-state index in [1.807, 2.05) is 12.1 Å². The van der Waals surface area contributed by atoms with Crippen LogP contribution < -0.4 is 19.7 Å². The van der Waals surface area contributed by atoms with E-state index in [2.05, 4.69) is 0 Å². The number of fused-ring (bicyclic) bond motifs is 1. The normalized spacial score (nSPS) is 13.0. The summed E-state index contributed by atoms with van der Waals surface area (Å²) in [7, 11) is 3.20. The van der Waals surface area contributed by atoms with Crippen LogP contribution in [0.3, 0.4) is 0 Å². The van der Waals surface area contributed by atoms with E-state index in [0.29, 0.717) is 30.3 Å². The van der Waals surface area contributed by atoms with Gasteiger partial charge in [-0.1, -0.05) is 12.1 Å². The van der Waals surface area contributed by atoms with Crippen molar-refractivity contribution in [3.8, 4) is 17.2 Å². The highest BCUT2D eigenvalue weighted by Gasteiger charge is 2.21. The largest absolute Gasteiger partial charge is 0.493 e. The van der Waals surface area contributed by atoms with Crippen LogP contribution in [0.4, 0.5) is 0 Å². The zero-order chi connectivity index (χ0) is 21.5. The van der Waals surface area contributed by atoms with Gasteiger partial charge >= 0.3 is 0 Å². The Morgan fingerprint density at radius 2 is 1.77 bits per heavy atom. The van der Waals surface area contributed by atoms with E-state index in [-0.39, 0.29) is 12.5 Å². The third kappa shape index (κ3) is 5.09. The molecule has 0 aromatic heterocycles. The Labute approximate surface area is 174 Å². The first kappa shape index (κ1) is 21.2. The van der Waals surface area contributed by atoms with Gasteiger partial charge in [-0.2, -0.15) is 0 Å². The predicted molar refractivity (Wildman–Crippen MR) is 110 cm³/mol. The molecule has 1 aliphatic heterocycles. The van der Waals surface area contributed by atoms with Gasteiger partial charge < -0.3 is 19.1 Å². The van der Waals surface area contributed by atoms with E-state index in [0.717, 1.165) is 23.1 Å². The van der Waals surface area contributed by atoms with Crippen LogP contribution in [-0.4, -0.2) is 49.3 Å². The number of carbonyl (C=O) groups excluding carboxylic acids is 2. The fourth-order valence-electron chi connectivity index (χ4n) is 3.20. The molecule has 0 atom stereocenters. The number of ether oxygens (including phenoxy) is 3. The molecule has 2 aromatic rings. The standard InChI is InChI=1S/C22H24N2O6/c1-28-19-11-16-9-10-24(13-17(16)12-20(19)29-2)22(26)8-5-15-3-6-18(7-4-15)30-14-21(25)23-27/h3-8,11-12,27H,9-10,13-14H2,1-2H3,(H,23,25). The Kier molecular flexibility index (Phi) is 6.92. The quantitative estimate of drug-likeness (QED) is 0.411. The number of benzene rings is 2. The highest BCUT2D eigenvalue weighted by Crippen LogP contribution is 2.33. The second-order valence-corrected chi connectivity index (χ2v) is 6.71. The zero-order valence-electron chi connectivity index (χ0n) is 16.9. The highest BCUT2D eigenvalue weighted by molar-refractivity contribution is 5.92. The van der Waals surface area contributed by atoms with Crippen LogP contribution in [0.5, 0.6) is 17.2 Å². The fraction of sp³-hybridized carbons (Fsp3) is 0.273. The molecular weight excluding hydrogens is 388 g/mol. The van der Waals surface area contributed by atoms with Gasteiger partial charge in [-0.25, -0.2) is 5.48 Å². The van der Waals surface area contributed by atoms with Crippen molar-refractivity contribution in [2.24, 2.45) is 0 Å². The lowest BCUT2D eigenvalue weighted by Gasteiger charge is -2.28. The van der Waals surface area contributed by atoms with Crippen molar-refractivity contribution in [2.45, 2.75) is 13.0 Å². The minimum absolute atomic E-state index is 0.0737. The Morgan fingerprint density at radius 3 is 2.40 bits per heavy atom. The number of methoxy groups -OCH3 is 2. The fourth-order valence-corrected chi connectivity index (χ4v) is 3.20. The maximum absolute atomic E-state index is 12.6. The van der Waals surface area contributed by atoms with Crippen LogP contribution in [-0.2, 0) is 22.6 Å². The van der Waals surface area contributed by atoms with Crippen LogP contribution in [0.1, 0.15) is 16.7 Å². The zero-order valence-corrected chi connectivity index (χ0v) is 16.9. The molecule has 0 saturated heterocycles. The summed E-state index contributed by atoms with van der Waals surface area (Å²) >= 11 is 0. The first-order chi connectivity index (χ1) is 14.5. The van der Waals surface area contributed by atoms with Crippen molar-refractivity contribution in [2.75, 3.05) is 27.4 Å². The molecule has 2 amide bonds. The van der Waals surface area contributed by atoms with Gasteiger partial charge in [-0.3, -0.25) is 14.8 Å². The molecule has 8 nitrogen and oxygen atoms in total. The number of nitrogens with one attached hydrogen (secondary N) is 1. The molecule has 0 unspecified atom stereocenters. The summed E-state index contributed by atoms with van der Waals surface area (Å²) in [5, 5.41) is 8.45. The summed E-state index contributed by atoms with van der Waals surface area (Å²) in [4.78, 5) is 25.4. The van der Waals surface area contributed by atoms with Crippen LogP contribution in [0.15, 0.2) is 42.5 Å². The average Bonchev–Trinajstić information content (AvgIpc) is 2.80. The second kappa shape index (κ2) is 9.80. The van der Waals surface area contributed by atoms with Gasteiger partial charge in [0, 0.05) is 19.2 Å². The van der Waals surface area contributed by atoms with Gasteiger partial charge in [0.15, 0.2) is 18.1 Å². The SMILES string of the molecule is COc1cc2c(cc1OC)CN(C(=O)C=Cc1ccc(OCC(=O)NO)cc1)CC2. The van der Waals surface area contributed by atoms with Crippen molar-refractivity contribution in [3.63, 3.8) is 0 Å². The van der Waals surface area contributed by atoms with Crippen LogP contribution in [0, 0.1) is 0 Å². The smallest absolute Gasteiger partial charge is 0.281 e. The summed E-state index contributed by atoms with van der Waals surface area (Å²) in [6.45, 7) is 0.862. The predicted octanol–water partition coefficient (Wildman–Crippen LogP) is 2.19. The molecule has 0 spiro atoms. The first-order valence-electron chi connectivity index (χ1n) is 9.40. The number of amides is 2. The molecule has 2 aromatic carbocycles. The van der Waals surface area contributed by atoms with Crippen LogP contribution in [0.25, 0.3) is 6.08 Å². The van der Waals surface area contributed by atoms with Gasteiger partial charge in [-0.05, 0) is 53.5 Å². The Bertz CT molecular complexity index is 939. The molecule has 3 rings (SSSR count). The molecule has 158 valence electrons. The molecule has 2 N–H and O–H groups in total. The molecule has 0 aliphatic carbocycles. The number of nitrogens with zero attached hydrogens (tertiary/aromatic N) is 1. The molecule has 1 heterocycles. The van der Waals surface area contributed by atoms with Crippen molar-refractivity contribution >= 4 is 17.9 Å². The Morgan fingerprint density at radius 1 is 1.10 bits per heavy atom. The van der Waals surface area contributed by atoms with E-state index in [1.54, 1.807) is 55.5 Å². The van der Waals surface area contributed by atoms with Gasteiger partial charge in [0.2, 0.25) is 5.91 Å².